The lowest BCUT2D eigenvalue weighted by atomic mass is 10.3. The molecule has 0 bridgehead atoms. The van der Waals surface area contributed by atoms with Crippen molar-refractivity contribution in [2.45, 2.75) is 18.6 Å². The van der Waals surface area contributed by atoms with E-state index in [1.807, 2.05) is 0 Å². The Morgan fingerprint density at radius 3 is 2.36 bits per heavy atom. The van der Waals surface area contributed by atoms with E-state index in [0.29, 0.717) is 6.42 Å². The lowest BCUT2D eigenvalue weighted by Crippen LogP contribution is -2.20. The maximum absolute atomic E-state index is 10.3. The van der Waals surface area contributed by atoms with Gasteiger partial charge < -0.3 is 10.8 Å². The average Bonchev–Trinajstić information content (AvgIpc) is 1.81. The number of nitrogens with one attached hydrogen (secondary N) is 1. The number of rotatable bonds is 3. The van der Waals surface area contributed by atoms with Crippen molar-refractivity contribution in [1.29, 1.82) is 5.41 Å². The van der Waals surface area contributed by atoms with Gasteiger partial charge in [0, 0.05) is 0 Å². The van der Waals surface area contributed by atoms with E-state index < -0.39 is 11.2 Å². The van der Waals surface area contributed by atoms with Crippen LogP contribution in [-0.4, -0.2) is 21.5 Å². The standard InChI is InChI=1S/C5H10N2O2S.BrH/c1-2-3(4(8)9)10-5(6)7;/h3H,2H2,1H3,(H3,6,7)(H,8,9);1H. The van der Waals surface area contributed by atoms with Crippen LogP contribution in [0.1, 0.15) is 13.3 Å². The lowest BCUT2D eigenvalue weighted by molar-refractivity contribution is -0.136. The van der Waals surface area contributed by atoms with E-state index in [1.165, 1.54) is 0 Å². The summed E-state index contributed by atoms with van der Waals surface area (Å²) < 4.78 is 0. The normalized spacial score (nSPS) is 11.4. The number of hydrogen-bond acceptors (Lipinski definition) is 3. The van der Waals surface area contributed by atoms with E-state index in [0.717, 1.165) is 11.8 Å². The molecule has 11 heavy (non-hydrogen) atoms. The predicted octanol–water partition coefficient (Wildman–Crippen LogP) is 1.05. The van der Waals surface area contributed by atoms with Crippen LogP contribution in [0.2, 0.25) is 0 Å². The first kappa shape index (κ1) is 13.4. The first-order valence-electron chi connectivity index (χ1n) is 2.81. The van der Waals surface area contributed by atoms with Gasteiger partial charge >= 0.3 is 5.97 Å². The molecule has 0 aromatic rings. The van der Waals surface area contributed by atoms with Gasteiger partial charge in [0.2, 0.25) is 0 Å². The van der Waals surface area contributed by atoms with Crippen LogP contribution in [0.15, 0.2) is 0 Å². The molecule has 0 heterocycles. The number of carbonyl (C=O) groups is 1. The molecule has 1 unspecified atom stereocenters. The Morgan fingerprint density at radius 1 is 1.82 bits per heavy atom. The summed E-state index contributed by atoms with van der Waals surface area (Å²) in [6.45, 7) is 1.74. The number of nitrogens with two attached hydrogens (primary N) is 1. The summed E-state index contributed by atoms with van der Waals surface area (Å²) in [5.41, 5.74) is 4.99. The third-order valence-corrected chi connectivity index (χ3v) is 1.99. The minimum absolute atomic E-state index is 0. The van der Waals surface area contributed by atoms with Gasteiger partial charge in [-0.15, -0.1) is 17.0 Å². The zero-order chi connectivity index (χ0) is 8.15. The van der Waals surface area contributed by atoms with Gasteiger partial charge in [0.15, 0.2) is 5.17 Å². The molecular weight excluding hydrogens is 232 g/mol. The quantitative estimate of drug-likeness (QED) is 0.510. The van der Waals surface area contributed by atoms with E-state index >= 15 is 0 Å². The maximum Gasteiger partial charge on any atom is 0.317 e. The fraction of sp³-hybridized carbons (Fsp3) is 0.600. The molecule has 0 aromatic heterocycles. The van der Waals surface area contributed by atoms with Gasteiger partial charge in [-0.25, -0.2) is 0 Å². The zero-order valence-corrected chi connectivity index (χ0v) is 8.56. The van der Waals surface area contributed by atoms with Crippen LogP contribution in [-0.2, 0) is 4.79 Å². The van der Waals surface area contributed by atoms with Gasteiger partial charge in [-0.1, -0.05) is 18.7 Å². The van der Waals surface area contributed by atoms with E-state index in [1.54, 1.807) is 6.92 Å². The summed E-state index contributed by atoms with van der Waals surface area (Å²) in [5.74, 6) is -0.914. The minimum atomic E-state index is -0.914. The number of amidine groups is 1. The van der Waals surface area contributed by atoms with Crippen molar-refractivity contribution < 1.29 is 9.90 Å². The Balaban J connectivity index is 0. The van der Waals surface area contributed by atoms with Crippen molar-refractivity contribution in [2.24, 2.45) is 5.73 Å². The first-order chi connectivity index (χ1) is 4.57. The molecule has 0 saturated heterocycles. The molecule has 66 valence electrons. The smallest absolute Gasteiger partial charge is 0.317 e. The summed E-state index contributed by atoms with van der Waals surface area (Å²) in [6.07, 6.45) is 0.486. The van der Waals surface area contributed by atoms with Crippen molar-refractivity contribution in [3.8, 4) is 0 Å². The molecule has 0 amide bonds. The molecule has 0 radical (unpaired) electrons. The number of carboxylic acid groups (broad SMARTS) is 1. The monoisotopic (exact) mass is 242 g/mol. The molecule has 0 aliphatic carbocycles. The van der Waals surface area contributed by atoms with E-state index in [9.17, 15) is 4.79 Å². The maximum atomic E-state index is 10.3. The predicted molar refractivity (Wildman–Crippen MR) is 51.5 cm³/mol. The molecule has 0 saturated carbocycles. The van der Waals surface area contributed by atoms with Crippen molar-refractivity contribution in [3.63, 3.8) is 0 Å². The molecule has 4 N–H and O–H groups in total. The fourth-order valence-corrected chi connectivity index (χ4v) is 1.04. The van der Waals surface area contributed by atoms with Gasteiger partial charge in [0.25, 0.3) is 0 Å². The Bertz CT molecular complexity index is 153. The first-order valence-corrected chi connectivity index (χ1v) is 3.69. The zero-order valence-electron chi connectivity index (χ0n) is 6.03. The Labute approximate surface area is 79.8 Å². The average molecular weight is 243 g/mol. The Morgan fingerprint density at radius 2 is 2.27 bits per heavy atom. The molecule has 0 aliphatic heterocycles. The highest BCUT2D eigenvalue weighted by atomic mass is 79.9. The van der Waals surface area contributed by atoms with Crippen molar-refractivity contribution >= 4 is 39.9 Å². The molecule has 1 atom stereocenters. The van der Waals surface area contributed by atoms with Crippen molar-refractivity contribution in [2.75, 3.05) is 0 Å². The van der Waals surface area contributed by atoms with E-state index in [2.05, 4.69) is 0 Å². The van der Waals surface area contributed by atoms with Crippen LogP contribution >= 0.6 is 28.7 Å². The summed E-state index contributed by atoms with van der Waals surface area (Å²) >= 11 is 0.869. The van der Waals surface area contributed by atoms with Crippen molar-refractivity contribution in [1.82, 2.24) is 0 Å². The molecule has 0 rings (SSSR count). The molecular formula is C5H11BrN2O2S. The highest BCUT2D eigenvalue weighted by molar-refractivity contribution is 8.93. The molecule has 0 spiro atoms. The van der Waals surface area contributed by atoms with Crippen LogP contribution in [0.4, 0.5) is 0 Å². The number of thioether (sulfide) groups is 1. The second kappa shape index (κ2) is 6.48. The highest BCUT2D eigenvalue weighted by Crippen LogP contribution is 2.12. The Kier molecular flexibility index (Phi) is 7.87. The fourth-order valence-electron chi connectivity index (χ4n) is 0.462. The van der Waals surface area contributed by atoms with Gasteiger partial charge in [-0.05, 0) is 6.42 Å². The van der Waals surface area contributed by atoms with Crippen LogP contribution in [0, 0.1) is 5.41 Å². The molecule has 0 aliphatic rings. The molecule has 6 heteroatoms. The summed E-state index contributed by atoms with van der Waals surface area (Å²) in [6, 6.07) is 0. The van der Waals surface area contributed by atoms with Crippen LogP contribution in [0.25, 0.3) is 0 Å². The number of hydrogen-bond donors (Lipinski definition) is 3. The van der Waals surface area contributed by atoms with Gasteiger partial charge in [-0.2, -0.15) is 0 Å². The summed E-state index contributed by atoms with van der Waals surface area (Å²) in [4.78, 5) is 10.3. The Hall–Kier alpha value is -0.230. The molecule has 0 aromatic carbocycles. The van der Waals surface area contributed by atoms with Crippen LogP contribution in [0.5, 0.6) is 0 Å². The SMILES string of the molecule is Br.CCC(SC(=N)N)C(=O)O. The highest BCUT2D eigenvalue weighted by Gasteiger charge is 2.16. The number of halogens is 1. The van der Waals surface area contributed by atoms with Crippen LogP contribution < -0.4 is 5.73 Å². The number of carboxylic acids is 1. The largest absolute Gasteiger partial charge is 0.480 e. The second-order valence-electron chi connectivity index (χ2n) is 1.72. The summed E-state index contributed by atoms with van der Waals surface area (Å²) in [7, 11) is 0. The summed E-state index contributed by atoms with van der Waals surface area (Å²) in [5, 5.41) is 14.5. The van der Waals surface area contributed by atoms with Crippen molar-refractivity contribution in [3.05, 3.63) is 0 Å². The third kappa shape index (κ3) is 6.18. The van der Waals surface area contributed by atoms with E-state index in [4.69, 9.17) is 16.2 Å². The third-order valence-electron chi connectivity index (χ3n) is 0.915. The van der Waals surface area contributed by atoms with Crippen LogP contribution in [0.3, 0.4) is 0 Å². The molecule has 0 fully saturated rings. The topological polar surface area (TPSA) is 87.2 Å². The van der Waals surface area contributed by atoms with E-state index in [-0.39, 0.29) is 22.1 Å². The second-order valence-corrected chi connectivity index (χ2v) is 2.96. The minimum Gasteiger partial charge on any atom is -0.480 e. The lowest BCUT2D eigenvalue weighted by Gasteiger charge is -2.05. The van der Waals surface area contributed by atoms with Gasteiger partial charge in [0.1, 0.15) is 5.25 Å². The van der Waals surface area contributed by atoms with Gasteiger partial charge in [-0.3, -0.25) is 10.2 Å². The number of aliphatic carboxylic acids is 1. The van der Waals surface area contributed by atoms with Gasteiger partial charge in [0.05, 0.1) is 0 Å². The molecule has 4 nitrogen and oxygen atoms in total.